The lowest BCUT2D eigenvalue weighted by Gasteiger charge is -2.24. The maximum atomic E-state index is 11.8. The van der Waals surface area contributed by atoms with E-state index in [2.05, 4.69) is 5.10 Å². The Hall–Kier alpha value is -1.16. The minimum atomic E-state index is -0.938. The Morgan fingerprint density at radius 3 is 2.47 bits per heavy atom. The zero-order valence-electron chi connectivity index (χ0n) is 11.3. The van der Waals surface area contributed by atoms with Gasteiger partial charge in [0, 0.05) is 12.2 Å². The second kappa shape index (κ2) is 5.00. The monoisotopic (exact) mass is 238 g/mol. The van der Waals surface area contributed by atoms with Gasteiger partial charge in [0.2, 0.25) is 0 Å². The lowest BCUT2D eigenvalue weighted by molar-refractivity contribution is -0.131. The highest BCUT2D eigenvalue weighted by atomic mass is 16.3. The van der Waals surface area contributed by atoms with Crippen molar-refractivity contribution >= 4 is 5.78 Å². The molecule has 1 aromatic heterocycles. The van der Waals surface area contributed by atoms with Gasteiger partial charge in [0.15, 0.2) is 5.78 Å². The van der Waals surface area contributed by atoms with Crippen LogP contribution in [0.1, 0.15) is 46.4 Å². The largest absolute Gasteiger partial charge is 0.385 e. The summed E-state index contributed by atoms with van der Waals surface area (Å²) < 4.78 is 1.81. The Labute approximate surface area is 103 Å². The number of ketones is 1. The molecule has 0 saturated carbocycles. The van der Waals surface area contributed by atoms with Crippen LogP contribution in [0.2, 0.25) is 0 Å². The number of Topliss-reactive ketones (excluding diaryl/α,β-unsaturated/α-hetero) is 1. The van der Waals surface area contributed by atoms with Crippen molar-refractivity contribution in [3.63, 3.8) is 0 Å². The number of aliphatic hydroxyl groups excluding tert-OH is 1. The quantitative estimate of drug-likeness (QED) is 0.872. The van der Waals surface area contributed by atoms with E-state index in [4.69, 9.17) is 0 Å². The third-order valence-electron chi connectivity index (χ3n) is 2.67. The van der Waals surface area contributed by atoms with Crippen LogP contribution in [0.25, 0.3) is 0 Å². The van der Waals surface area contributed by atoms with E-state index in [1.54, 1.807) is 0 Å². The maximum absolute atomic E-state index is 11.8. The highest BCUT2D eigenvalue weighted by Gasteiger charge is 2.29. The average molecular weight is 238 g/mol. The van der Waals surface area contributed by atoms with Crippen LogP contribution in [0, 0.1) is 5.41 Å². The van der Waals surface area contributed by atoms with E-state index >= 15 is 0 Å². The number of nitrogens with zero attached hydrogens (tertiary/aromatic N) is 2. The third kappa shape index (κ3) is 3.66. The van der Waals surface area contributed by atoms with Crippen molar-refractivity contribution in [2.24, 2.45) is 5.41 Å². The molecule has 0 aromatic carbocycles. The molecule has 0 aliphatic heterocycles. The van der Waals surface area contributed by atoms with E-state index in [0.717, 1.165) is 0 Å². The van der Waals surface area contributed by atoms with Crippen LogP contribution < -0.4 is 0 Å². The molecule has 0 aliphatic carbocycles. The van der Waals surface area contributed by atoms with Gasteiger partial charge < -0.3 is 5.11 Å². The molecule has 0 saturated heterocycles. The van der Waals surface area contributed by atoms with E-state index in [1.807, 2.05) is 51.6 Å². The van der Waals surface area contributed by atoms with Crippen LogP contribution in [0.5, 0.6) is 0 Å². The van der Waals surface area contributed by atoms with Crippen LogP contribution in [0.15, 0.2) is 12.3 Å². The van der Waals surface area contributed by atoms with Gasteiger partial charge in [0.05, 0.1) is 12.1 Å². The molecule has 0 bridgehead atoms. The smallest absolute Gasteiger partial charge is 0.167 e. The number of carbonyl (C=O) groups excluding carboxylic acids is 1. The summed E-state index contributed by atoms with van der Waals surface area (Å²) >= 11 is 0. The zero-order chi connectivity index (χ0) is 13.2. The van der Waals surface area contributed by atoms with Crippen LogP contribution >= 0.6 is 0 Å². The molecular weight excluding hydrogens is 216 g/mol. The van der Waals surface area contributed by atoms with Crippen molar-refractivity contribution in [3.05, 3.63) is 18.0 Å². The Bertz CT molecular complexity index is 388. The summed E-state index contributed by atoms with van der Waals surface area (Å²) in [5, 5.41) is 14.1. The molecule has 1 rings (SSSR count). The molecule has 4 nitrogen and oxygen atoms in total. The number of aromatic nitrogens is 2. The molecule has 17 heavy (non-hydrogen) atoms. The van der Waals surface area contributed by atoms with Gasteiger partial charge in [0.1, 0.15) is 6.10 Å². The van der Waals surface area contributed by atoms with E-state index in [1.165, 1.54) is 0 Å². The normalized spacial score (nSPS) is 14.1. The fourth-order valence-electron chi connectivity index (χ4n) is 1.52. The Morgan fingerprint density at radius 2 is 2.06 bits per heavy atom. The molecule has 0 spiro atoms. The molecule has 1 unspecified atom stereocenters. The van der Waals surface area contributed by atoms with Crippen LogP contribution in [-0.4, -0.2) is 26.8 Å². The average Bonchev–Trinajstić information content (AvgIpc) is 2.63. The van der Waals surface area contributed by atoms with Crippen molar-refractivity contribution in [2.45, 2.75) is 53.2 Å². The summed E-state index contributed by atoms with van der Waals surface area (Å²) in [4.78, 5) is 11.8. The Kier molecular flexibility index (Phi) is 4.09. The third-order valence-corrected chi connectivity index (χ3v) is 2.67. The first kappa shape index (κ1) is 13.9. The fraction of sp³-hybridized carbons (Fsp3) is 0.692. The molecule has 4 heteroatoms. The minimum absolute atomic E-state index is 0.175. The number of aliphatic hydroxyl groups is 1. The predicted octanol–water partition coefficient (Wildman–Crippen LogP) is 1.98. The molecule has 1 aromatic rings. The number of rotatable bonds is 4. The van der Waals surface area contributed by atoms with Gasteiger partial charge in [0.25, 0.3) is 0 Å². The molecule has 96 valence electrons. The van der Waals surface area contributed by atoms with Crippen molar-refractivity contribution in [3.8, 4) is 0 Å². The number of hydrogen-bond donors (Lipinski definition) is 1. The molecule has 0 fully saturated rings. The van der Waals surface area contributed by atoms with Gasteiger partial charge in [-0.1, -0.05) is 20.8 Å². The second-order valence-electron chi connectivity index (χ2n) is 5.79. The van der Waals surface area contributed by atoms with Gasteiger partial charge in [-0.25, -0.2) is 0 Å². The van der Waals surface area contributed by atoms with Gasteiger partial charge in [-0.3, -0.25) is 9.48 Å². The standard InChI is InChI=1S/C13H22N2O2/c1-9(2)15-7-6-10(14-15)8-11(16)12(17)13(3,4)5/h6-7,9,12,17H,8H2,1-5H3. The fourth-order valence-corrected chi connectivity index (χ4v) is 1.52. The summed E-state index contributed by atoms with van der Waals surface area (Å²) in [6.07, 6.45) is 1.11. The van der Waals surface area contributed by atoms with Gasteiger partial charge in [-0.2, -0.15) is 5.10 Å². The molecular formula is C13H22N2O2. The number of hydrogen-bond acceptors (Lipinski definition) is 3. The Balaban J connectivity index is 2.68. The SMILES string of the molecule is CC(C)n1ccc(CC(=O)C(O)C(C)(C)C)n1. The van der Waals surface area contributed by atoms with E-state index in [-0.39, 0.29) is 18.2 Å². The van der Waals surface area contributed by atoms with E-state index in [0.29, 0.717) is 5.69 Å². The first-order valence-electron chi connectivity index (χ1n) is 5.96. The highest BCUT2D eigenvalue weighted by Crippen LogP contribution is 2.20. The van der Waals surface area contributed by atoms with E-state index < -0.39 is 11.5 Å². The summed E-state index contributed by atoms with van der Waals surface area (Å²) in [5.41, 5.74) is 0.296. The molecule has 0 aliphatic rings. The maximum Gasteiger partial charge on any atom is 0.167 e. The summed E-state index contributed by atoms with van der Waals surface area (Å²) in [7, 11) is 0. The lowest BCUT2D eigenvalue weighted by Crippen LogP contribution is -2.35. The summed E-state index contributed by atoms with van der Waals surface area (Å²) in [5.74, 6) is -0.175. The van der Waals surface area contributed by atoms with Crippen molar-refractivity contribution in [1.29, 1.82) is 0 Å². The predicted molar refractivity (Wildman–Crippen MR) is 66.8 cm³/mol. The summed E-state index contributed by atoms with van der Waals surface area (Å²) in [6, 6.07) is 2.11. The first-order chi connectivity index (χ1) is 7.71. The molecule has 1 heterocycles. The minimum Gasteiger partial charge on any atom is -0.385 e. The molecule has 0 radical (unpaired) electrons. The second-order valence-corrected chi connectivity index (χ2v) is 5.79. The first-order valence-corrected chi connectivity index (χ1v) is 5.96. The van der Waals surface area contributed by atoms with Gasteiger partial charge >= 0.3 is 0 Å². The molecule has 1 N–H and O–H groups in total. The topological polar surface area (TPSA) is 55.1 Å². The van der Waals surface area contributed by atoms with Crippen molar-refractivity contribution in [2.75, 3.05) is 0 Å². The molecule has 1 atom stereocenters. The van der Waals surface area contributed by atoms with Crippen LogP contribution in [-0.2, 0) is 11.2 Å². The highest BCUT2D eigenvalue weighted by molar-refractivity contribution is 5.85. The van der Waals surface area contributed by atoms with Crippen molar-refractivity contribution < 1.29 is 9.90 Å². The number of carbonyl (C=O) groups is 1. The lowest BCUT2D eigenvalue weighted by atomic mass is 9.85. The Morgan fingerprint density at radius 1 is 1.47 bits per heavy atom. The van der Waals surface area contributed by atoms with E-state index in [9.17, 15) is 9.90 Å². The van der Waals surface area contributed by atoms with Crippen molar-refractivity contribution in [1.82, 2.24) is 9.78 Å². The summed E-state index contributed by atoms with van der Waals surface area (Å²) in [6.45, 7) is 9.61. The van der Waals surface area contributed by atoms with Crippen LogP contribution in [0.4, 0.5) is 0 Å². The zero-order valence-corrected chi connectivity index (χ0v) is 11.3. The molecule has 0 amide bonds. The van der Waals surface area contributed by atoms with Gasteiger partial charge in [-0.05, 0) is 25.3 Å². The van der Waals surface area contributed by atoms with Gasteiger partial charge in [-0.15, -0.1) is 0 Å². The van der Waals surface area contributed by atoms with Crippen LogP contribution in [0.3, 0.4) is 0 Å².